The van der Waals surface area contributed by atoms with Gasteiger partial charge in [-0.1, -0.05) is 6.92 Å². The van der Waals surface area contributed by atoms with Crippen molar-refractivity contribution in [2.24, 2.45) is 0 Å². The molecule has 0 aliphatic carbocycles. The van der Waals surface area contributed by atoms with Crippen LogP contribution in [0.5, 0.6) is 0 Å². The first-order valence-corrected chi connectivity index (χ1v) is 9.22. The zero-order chi connectivity index (χ0) is 17.4. The van der Waals surface area contributed by atoms with E-state index >= 15 is 0 Å². The molecule has 1 aliphatic rings. The molecular weight excluding hydrogens is 326 g/mol. The van der Waals surface area contributed by atoms with Gasteiger partial charge >= 0.3 is 5.97 Å². The Morgan fingerprint density at radius 2 is 2.04 bits per heavy atom. The van der Waals surface area contributed by atoms with Crippen molar-refractivity contribution < 1.29 is 9.90 Å². The lowest BCUT2D eigenvalue weighted by Gasteiger charge is -2.31. The van der Waals surface area contributed by atoms with E-state index < -0.39 is 5.97 Å². The number of nitrogens with zero attached hydrogens (tertiary/aromatic N) is 3. The Kier molecular flexibility index (Phi) is 4.73. The summed E-state index contributed by atoms with van der Waals surface area (Å²) in [5, 5.41) is 9.83. The summed E-state index contributed by atoms with van der Waals surface area (Å²) in [6.07, 6.45) is 3.49. The van der Waals surface area contributed by atoms with Gasteiger partial charge in [0, 0.05) is 12.5 Å². The van der Waals surface area contributed by atoms with Crippen molar-refractivity contribution in [3.8, 4) is 0 Å². The second-order valence-electron chi connectivity index (χ2n) is 6.53. The summed E-state index contributed by atoms with van der Waals surface area (Å²) < 4.78 is 1.85. The molecule has 1 fully saturated rings. The summed E-state index contributed by atoms with van der Waals surface area (Å²) in [6, 6.07) is 0.153. The van der Waals surface area contributed by atoms with E-state index in [0.29, 0.717) is 15.8 Å². The van der Waals surface area contributed by atoms with Crippen LogP contribution in [0.15, 0.2) is 4.79 Å². The minimum absolute atomic E-state index is 0.0701. The summed E-state index contributed by atoms with van der Waals surface area (Å²) in [6.45, 7) is 5.70. The number of piperidine rings is 1. The van der Waals surface area contributed by atoms with E-state index in [4.69, 9.17) is 0 Å². The number of aryl methyl sites for hydroxylation is 2. The fourth-order valence-corrected chi connectivity index (χ4v) is 4.50. The Balaban J connectivity index is 2.20. The molecule has 0 unspecified atom stereocenters. The Labute approximate surface area is 144 Å². The summed E-state index contributed by atoms with van der Waals surface area (Å²) in [4.78, 5) is 32.3. The van der Waals surface area contributed by atoms with Gasteiger partial charge in [-0.15, -0.1) is 11.3 Å². The average molecular weight is 349 g/mol. The average Bonchev–Trinajstić information content (AvgIpc) is 2.86. The number of hydrogen-bond donors (Lipinski definition) is 1. The molecule has 0 bridgehead atoms. The fourth-order valence-electron chi connectivity index (χ4n) is 3.47. The number of carboxylic acids is 1. The molecule has 130 valence electrons. The normalized spacial score (nSPS) is 16.8. The Morgan fingerprint density at radius 3 is 2.62 bits per heavy atom. The topological polar surface area (TPSA) is 75.4 Å². The second kappa shape index (κ2) is 6.64. The van der Waals surface area contributed by atoms with E-state index in [0.717, 1.165) is 55.9 Å². The van der Waals surface area contributed by atoms with E-state index in [1.165, 1.54) is 0 Å². The number of rotatable bonds is 4. The van der Waals surface area contributed by atoms with E-state index in [1.54, 1.807) is 6.92 Å². The molecule has 6 nitrogen and oxygen atoms in total. The summed E-state index contributed by atoms with van der Waals surface area (Å²) >= 11 is 1.11. The molecule has 0 atom stereocenters. The number of carbonyl (C=O) groups is 1. The predicted molar refractivity (Wildman–Crippen MR) is 95.3 cm³/mol. The number of aromatic nitrogens is 2. The fraction of sp³-hybridized carbons (Fsp3) is 0.588. The molecule has 0 aromatic carbocycles. The van der Waals surface area contributed by atoms with Gasteiger partial charge in [-0.05, 0) is 51.9 Å². The van der Waals surface area contributed by atoms with Crippen LogP contribution in [0.2, 0.25) is 0 Å². The number of aromatic carboxylic acids is 1. The molecule has 0 saturated carbocycles. The lowest BCUT2D eigenvalue weighted by atomic mass is 10.0. The summed E-state index contributed by atoms with van der Waals surface area (Å²) in [5.41, 5.74) is 0.476. The van der Waals surface area contributed by atoms with Gasteiger partial charge in [-0.3, -0.25) is 9.36 Å². The van der Waals surface area contributed by atoms with Crippen LogP contribution < -0.4 is 5.56 Å². The molecule has 0 radical (unpaired) electrons. The zero-order valence-electron chi connectivity index (χ0n) is 14.3. The highest BCUT2D eigenvalue weighted by Gasteiger charge is 2.26. The smallest absolute Gasteiger partial charge is 0.346 e. The first-order chi connectivity index (χ1) is 11.4. The highest BCUT2D eigenvalue weighted by Crippen LogP contribution is 2.29. The van der Waals surface area contributed by atoms with Crippen LogP contribution in [-0.2, 0) is 6.42 Å². The van der Waals surface area contributed by atoms with Crippen molar-refractivity contribution in [1.82, 2.24) is 14.5 Å². The number of thiophene rings is 1. The maximum Gasteiger partial charge on any atom is 0.346 e. The molecule has 3 rings (SSSR count). The van der Waals surface area contributed by atoms with Crippen molar-refractivity contribution in [1.29, 1.82) is 0 Å². The molecule has 0 spiro atoms. The van der Waals surface area contributed by atoms with Crippen molar-refractivity contribution in [2.75, 3.05) is 20.1 Å². The van der Waals surface area contributed by atoms with Crippen LogP contribution in [0.1, 0.15) is 53.3 Å². The van der Waals surface area contributed by atoms with Crippen LogP contribution in [0, 0.1) is 6.92 Å². The molecule has 3 heterocycles. The van der Waals surface area contributed by atoms with E-state index in [1.807, 2.05) is 4.57 Å². The number of carboxylic acid groups (broad SMARTS) is 1. The third kappa shape index (κ3) is 2.86. The van der Waals surface area contributed by atoms with Gasteiger partial charge in [0.25, 0.3) is 5.56 Å². The van der Waals surface area contributed by atoms with Crippen LogP contribution in [0.4, 0.5) is 0 Å². The Hall–Kier alpha value is -1.73. The van der Waals surface area contributed by atoms with Gasteiger partial charge in [0.05, 0.1) is 5.39 Å². The molecule has 1 aliphatic heterocycles. The molecule has 1 N–H and O–H groups in total. The minimum Gasteiger partial charge on any atom is -0.477 e. The van der Waals surface area contributed by atoms with Gasteiger partial charge < -0.3 is 10.0 Å². The third-order valence-electron chi connectivity index (χ3n) is 4.79. The summed E-state index contributed by atoms with van der Waals surface area (Å²) in [7, 11) is 2.09. The quantitative estimate of drug-likeness (QED) is 0.918. The van der Waals surface area contributed by atoms with Crippen molar-refractivity contribution >= 4 is 27.5 Å². The predicted octanol–water partition coefficient (Wildman–Crippen LogP) is 2.68. The van der Waals surface area contributed by atoms with Gasteiger partial charge in [-0.25, -0.2) is 9.78 Å². The molecular formula is C17H23N3O3S. The largest absolute Gasteiger partial charge is 0.477 e. The van der Waals surface area contributed by atoms with Gasteiger partial charge in [0.15, 0.2) is 0 Å². The molecule has 2 aromatic heterocycles. The molecule has 1 saturated heterocycles. The van der Waals surface area contributed by atoms with Crippen molar-refractivity contribution in [3.63, 3.8) is 0 Å². The molecule has 24 heavy (non-hydrogen) atoms. The lowest BCUT2D eigenvalue weighted by molar-refractivity contribution is 0.0701. The molecule has 7 heteroatoms. The van der Waals surface area contributed by atoms with E-state index in [2.05, 4.69) is 23.9 Å². The maximum atomic E-state index is 13.2. The van der Waals surface area contributed by atoms with Crippen LogP contribution >= 0.6 is 11.3 Å². The Bertz CT molecular complexity index is 832. The van der Waals surface area contributed by atoms with Crippen molar-refractivity contribution in [3.05, 3.63) is 26.6 Å². The van der Waals surface area contributed by atoms with E-state index in [-0.39, 0.29) is 16.5 Å². The highest BCUT2D eigenvalue weighted by molar-refractivity contribution is 7.20. The molecule has 2 aromatic rings. The zero-order valence-corrected chi connectivity index (χ0v) is 15.2. The first kappa shape index (κ1) is 17.1. The highest BCUT2D eigenvalue weighted by atomic mass is 32.1. The van der Waals surface area contributed by atoms with Crippen molar-refractivity contribution in [2.45, 2.75) is 45.6 Å². The van der Waals surface area contributed by atoms with Crippen LogP contribution in [0.25, 0.3) is 10.2 Å². The minimum atomic E-state index is -0.988. The first-order valence-electron chi connectivity index (χ1n) is 8.40. The van der Waals surface area contributed by atoms with Gasteiger partial charge in [0.2, 0.25) is 0 Å². The number of fused-ring (bicyclic) bond motifs is 1. The maximum absolute atomic E-state index is 13.2. The van der Waals surface area contributed by atoms with Gasteiger partial charge in [-0.2, -0.15) is 0 Å². The van der Waals surface area contributed by atoms with Crippen LogP contribution in [0.3, 0.4) is 0 Å². The monoisotopic (exact) mass is 349 g/mol. The third-order valence-corrected chi connectivity index (χ3v) is 5.96. The number of likely N-dealkylation sites (tertiary alicyclic amines) is 1. The lowest BCUT2D eigenvalue weighted by Crippen LogP contribution is -2.37. The standard InChI is InChI=1S/C17H23N3O3S/c1-4-5-12-18-15-13(10(2)14(24-15)17(22)23)16(21)20(12)11-6-8-19(3)9-7-11/h11H,4-9H2,1-3H3,(H,22,23). The SMILES string of the molecule is CCCc1nc2sc(C(=O)O)c(C)c2c(=O)n1C1CCN(C)CC1. The molecule has 0 amide bonds. The number of hydrogen-bond acceptors (Lipinski definition) is 5. The van der Waals surface area contributed by atoms with Crippen LogP contribution in [-0.4, -0.2) is 45.7 Å². The van der Waals surface area contributed by atoms with Gasteiger partial charge in [0.1, 0.15) is 15.5 Å². The van der Waals surface area contributed by atoms with E-state index in [9.17, 15) is 14.7 Å². The Morgan fingerprint density at radius 1 is 1.38 bits per heavy atom. The second-order valence-corrected chi connectivity index (χ2v) is 7.53. The summed E-state index contributed by atoms with van der Waals surface area (Å²) in [5.74, 6) is -0.194.